The van der Waals surface area contributed by atoms with Crippen LogP contribution in [0, 0.1) is 5.92 Å². The number of aliphatic hydroxyl groups excluding tert-OH is 1. The molecule has 1 rings (SSSR count). The zero-order chi connectivity index (χ0) is 19.7. The average Bonchev–Trinajstić information content (AvgIpc) is 2.52. The number of unbranched alkanes of at least 4 members (excludes halogenated alkanes) is 1. The number of esters is 2. The van der Waals surface area contributed by atoms with Crippen LogP contribution >= 0.6 is 0 Å². The maximum atomic E-state index is 12.4. The van der Waals surface area contributed by atoms with Crippen molar-refractivity contribution in [3.8, 4) is 0 Å². The van der Waals surface area contributed by atoms with E-state index in [-0.39, 0.29) is 13.0 Å². The zero-order valence-corrected chi connectivity index (χ0v) is 16.7. The summed E-state index contributed by atoms with van der Waals surface area (Å²) in [7, 11) is 0. The van der Waals surface area contributed by atoms with Crippen molar-refractivity contribution in [1.29, 1.82) is 0 Å². The number of carbonyl (C=O) groups is 2. The summed E-state index contributed by atoms with van der Waals surface area (Å²) in [6.45, 7) is 9.94. The molecule has 7 nitrogen and oxygen atoms in total. The molecule has 0 aliphatic carbocycles. The predicted octanol–water partition coefficient (Wildman–Crippen LogP) is 2.23. The lowest BCUT2D eigenvalue weighted by Crippen LogP contribution is -2.43. The molecule has 0 spiro atoms. The summed E-state index contributed by atoms with van der Waals surface area (Å²) < 4.78 is 21.9. The van der Waals surface area contributed by atoms with Crippen molar-refractivity contribution < 1.29 is 33.6 Å². The SMILES string of the molecule is CCCCO[C@H]1CCOC[C@H](CC(=O)OC(C)(C)C)C(=O)O[C@@H](C)[C@@H]1O. The molecule has 0 radical (unpaired) electrons. The quantitative estimate of drug-likeness (QED) is 0.563. The van der Waals surface area contributed by atoms with Gasteiger partial charge in [-0.05, 0) is 40.5 Å². The van der Waals surface area contributed by atoms with Gasteiger partial charge in [-0.25, -0.2) is 0 Å². The van der Waals surface area contributed by atoms with Gasteiger partial charge in [0.2, 0.25) is 0 Å². The number of hydrogen-bond acceptors (Lipinski definition) is 7. The highest BCUT2D eigenvalue weighted by atomic mass is 16.6. The van der Waals surface area contributed by atoms with Crippen LogP contribution in [0.3, 0.4) is 0 Å². The summed E-state index contributed by atoms with van der Waals surface area (Å²) in [5.74, 6) is -1.80. The van der Waals surface area contributed by atoms with E-state index in [0.717, 1.165) is 12.8 Å². The van der Waals surface area contributed by atoms with Crippen LogP contribution in [0.15, 0.2) is 0 Å². The Kier molecular flexibility index (Phi) is 9.54. The van der Waals surface area contributed by atoms with Gasteiger partial charge in [-0.15, -0.1) is 0 Å². The molecule has 26 heavy (non-hydrogen) atoms. The lowest BCUT2D eigenvalue weighted by molar-refractivity contribution is -0.176. The van der Waals surface area contributed by atoms with Gasteiger partial charge in [0.15, 0.2) is 0 Å². The van der Waals surface area contributed by atoms with E-state index >= 15 is 0 Å². The van der Waals surface area contributed by atoms with Crippen LogP contribution in [0.25, 0.3) is 0 Å². The van der Waals surface area contributed by atoms with Crippen molar-refractivity contribution in [2.75, 3.05) is 19.8 Å². The molecule has 0 aromatic rings. The second-order valence-corrected chi connectivity index (χ2v) is 7.75. The van der Waals surface area contributed by atoms with Gasteiger partial charge >= 0.3 is 11.9 Å². The van der Waals surface area contributed by atoms with Crippen molar-refractivity contribution in [3.63, 3.8) is 0 Å². The van der Waals surface area contributed by atoms with E-state index in [1.165, 1.54) is 0 Å². The highest BCUT2D eigenvalue weighted by molar-refractivity contribution is 5.80. The van der Waals surface area contributed by atoms with Crippen LogP contribution in [0.5, 0.6) is 0 Å². The third kappa shape index (κ3) is 8.47. The molecule has 1 N–H and O–H groups in total. The van der Waals surface area contributed by atoms with E-state index in [9.17, 15) is 14.7 Å². The highest BCUT2D eigenvalue weighted by Crippen LogP contribution is 2.19. The summed E-state index contributed by atoms with van der Waals surface area (Å²) in [4.78, 5) is 24.4. The van der Waals surface area contributed by atoms with Crippen LogP contribution in [0.2, 0.25) is 0 Å². The molecule has 4 atom stereocenters. The van der Waals surface area contributed by atoms with E-state index in [4.69, 9.17) is 18.9 Å². The van der Waals surface area contributed by atoms with Crippen molar-refractivity contribution in [1.82, 2.24) is 0 Å². The first-order valence-corrected chi connectivity index (χ1v) is 9.43. The number of rotatable bonds is 6. The fourth-order valence-corrected chi connectivity index (χ4v) is 2.60. The smallest absolute Gasteiger partial charge is 0.312 e. The van der Waals surface area contributed by atoms with Crippen LogP contribution in [0.1, 0.15) is 60.3 Å². The summed E-state index contributed by atoms with van der Waals surface area (Å²) in [5.41, 5.74) is -0.621. The van der Waals surface area contributed by atoms with Gasteiger partial charge in [0.25, 0.3) is 0 Å². The lowest BCUT2D eigenvalue weighted by Gasteiger charge is -2.30. The number of hydrogen-bond donors (Lipinski definition) is 1. The molecule has 1 aliphatic heterocycles. The average molecular weight is 374 g/mol. The minimum atomic E-state index is -0.945. The van der Waals surface area contributed by atoms with E-state index in [1.807, 2.05) is 0 Å². The Bertz CT molecular complexity index is 444. The maximum Gasteiger partial charge on any atom is 0.312 e. The lowest BCUT2D eigenvalue weighted by atomic mass is 10.0. The molecule has 1 heterocycles. The van der Waals surface area contributed by atoms with Crippen molar-refractivity contribution in [2.45, 2.75) is 84.2 Å². The molecular weight excluding hydrogens is 340 g/mol. The predicted molar refractivity (Wildman–Crippen MR) is 95.6 cm³/mol. The summed E-state index contributed by atoms with van der Waals surface area (Å²) in [5, 5.41) is 10.4. The molecule has 0 bridgehead atoms. The van der Waals surface area contributed by atoms with Gasteiger partial charge in [0.1, 0.15) is 17.8 Å². The Hall–Kier alpha value is -1.18. The van der Waals surface area contributed by atoms with Gasteiger partial charge in [-0.3, -0.25) is 9.59 Å². The van der Waals surface area contributed by atoms with Crippen LogP contribution < -0.4 is 0 Å². The van der Waals surface area contributed by atoms with Crippen LogP contribution in [-0.4, -0.2) is 60.8 Å². The van der Waals surface area contributed by atoms with Gasteiger partial charge < -0.3 is 24.1 Å². The third-order valence-corrected chi connectivity index (χ3v) is 4.03. The zero-order valence-electron chi connectivity index (χ0n) is 16.7. The molecule has 1 saturated heterocycles. The van der Waals surface area contributed by atoms with E-state index < -0.39 is 41.8 Å². The largest absolute Gasteiger partial charge is 0.460 e. The topological polar surface area (TPSA) is 91.3 Å². The van der Waals surface area contributed by atoms with Gasteiger partial charge in [0.05, 0.1) is 25.0 Å². The minimum Gasteiger partial charge on any atom is -0.460 e. The summed E-state index contributed by atoms with van der Waals surface area (Å²) in [6, 6.07) is 0. The van der Waals surface area contributed by atoms with Crippen molar-refractivity contribution in [2.24, 2.45) is 5.92 Å². The first kappa shape index (κ1) is 22.9. The fourth-order valence-electron chi connectivity index (χ4n) is 2.60. The molecule has 0 unspecified atom stereocenters. The second-order valence-electron chi connectivity index (χ2n) is 7.75. The highest BCUT2D eigenvalue weighted by Gasteiger charge is 2.33. The Balaban J connectivity index is 2.67. The molecule has 1 aliphatic rings. The minimum absolute atomic E-state index is 0.0720. The molecule has 0 saturated carbocycles. The summed E-state index contributed by atoms with van der Waals surface area (Å²) in [6.07, 6.45) is 0.146. The van der Waals surface area contributed by atoms with E-state index in [1.54, 1.807) is 27.7 Å². The number of aliphatic hydroxyl groups is 1. The first-order chi connectivity index (χ1) is 12.1. The Labute approximate surface area is 156 Å². The molecular formula is C19H34O7. The molecule has 1 fully saturated rings. The van der Waals surface area contributed by atoms with Crippen LogP contribution in [0.4, 0.5) is 0 Å². The van der Waals surface area contributed by atoms with Crippen LogP contribution in [-0.2, 0) is 28.5 Å². The van der Waals surface area contributed by atoms with Gasteiger partial charge in [0, 0.05) is 13.2 Å². The Morgan fingerprint density at radius 3 is 2.65 bits per heavy atom. The first-order valence-electron chi connectivity index (χ1n) is 9.43. The monoisotopic (exact) mass is 374 g/mol. The van der Waals surface area contributed by atoms with Crippen molar-refractivity contribution >= 4 is 11.9 Å². The Morgan fingerprint density at radius 1 is 1.35 bits per heavy atom. The van der Waals surface area contributed by atoms with Gasteiger partial charge in [-0.1, -0.05) is 13.3 Å². The summed E-state index contributed by atoms with van der Waals surface area (Å²) >= 11 is 0. The van der Waals surface area contributed by atoms with Gasteiger partial charge in [-0.2, -0.15) is 0 Å². The number of cyclic esters (lactones) is 1. The molecule has 0 aromatic heterocycles. The van der Waals surface area contributed by atoms with E-state index in [2.05, 4.69) is 6.92 Å². The number of carbonyl (C=O) groups excluding carboxylic acids is 2. The molecule has 0 aromatic carbocycles. The second kappa shape index (κ2) is 10.8. The maximum absolute atomic E-state index is 12.4. The molecule has 152 valence electrons. The standard InChI is InChI=1S/C19H34O7/c1-6-7-9-24-15-8-10-23-12-14(11-16(20)26-19(3,4)5)18(22)25-13(2)17(15)21/h13-15,17,21H,6-12H2,1-5H3/t13-,14-,15-,17-/m0/s1. The third-order valence-electron chi connectivity index (χ3n) is 4.03. The Morgan fingerprint density at radius 2 is 2.04 bits per heavy atom. The fraction of sp³-hybridized carbons (Fsp3) is 0.895. The number of ether oxygens (including phenoxy) is 4. The molecule has 0 amide bonds. The van der Waals surface area contributed by atoms with Crippen molar-refractivity contribution in [3.05, 3.63) is 0 Å². The van der Waals surface area contributed by atoms with E-state index in [0.29, 0.717) is 19.6 Å². The molecule has 7 heteroatoms. The normalized spacial score (nSPS) is 28.3.